The lowest BCUT2D eigenvalue weighted by Crippen LogP contribution is -2.52. The summed E-state index contributed by atoms with van der Waals surface area (Å²) in [5.74, 6) is 0.979. The van der Waals surface area contributed by atoms with Gasteiger partial charge in [-0.25, -0.2) is 0 Å². The van der Waals surface area contributed by atoms with E-state index in [1.54, 1.807) is 0 Å². The van der Waals surface area contributed by atoms with E-state index in [0.717, 1.165) is 50.9 Å². The Morgan fingerprint density at radius 1 is 1.12 bits per heavy atom. The van der Waals surface area contributed by atoms with Gasteiger partial charge in [-0.3, -0.25) is 14.6 Å². The third-order valence-corrected chi connectivity index (χ3v) is 5.21. The number of nitrogens with one attached hydrogen (secondary N) is 1. The fourth-order valence-electron chi connectivity index (χ4n) is 3.53. The number of hydrogen-bond acceptors (Lipinski definition) is 3. The highest BCUT2D eigenvalue weighted by atomic mass is 15.3. The summed E-state index contributed by atoms with van der Waals surface area (Å²) in [6.45, 7) is 10.1. The second kappa shape index (κ2) is 8.36. The molecule has 1 aromatic heterocycles. The average molecular weight is 355 g/mol. The van der Waals surface area contributed by atoms with Crippen LogP contribution in [0, 0.1) is 13.8 Å². The van der Waals surface area contributed by atoms with Crippen LogP contribution < -0.4 is 5.32 Å². The van der Waals surface area contributed by atoms with Gasteiger partial charge in [-0.1, -0.05) is 30.3 Å². The smallest absolute Gasteiger partial charge is 0.194 e. The van der Waals surface area contributed by atoms with Crippen molar-refractivity contribution in [1.29, 1.82) is 0 Å². The molecule has 0 bridgehead atoms. The first kappa shape index (κ1) is 18.5. The quantitative estimate of drug-likeness (QED) is 0.673. The lowest BCUT2D eigenvalue weighted by molar-refractivity contribution is 0.172. The van der Waals surface area contributed by atoms with E-state index in [0.29, 0.717) is 0 Å². The first-order valence-electron chi connectivity index (χ1n) is 9.29. The Labute approximate surface area is 156 Å². The Morgan fingerprint density at radius 2 is 1.81 bits per heavy atom. The van der Waals surface area contributed by atoms with Crippen LogP contribution in [0.2, 0.25) is 0 Å². The van der Waals surface area contributed by atoms with Crippen molar-refractivity contribution in [3.63, 3.8) is 0 Å². The van der Waals surface area contributed by atoms with Gasteiger partial charge in [-0.15, -0.1) is 0 Å². The van der Waals surface area contributed by atoms with Gasteiger partial charge < -0.3 is 10.2 Å². The van der Waals surface area contributed by atoms with Crippen LogP contribution in [0.4, 0.5) is 0 Å². The minimum atomic E-state index is 0.766. The Hall–Kier alpha value is -2.34. The fourth-order valence-corrected chi connectivity index (χ4v) is 3.53. The summed E-state index contributed by atoms with van der Waals surface area (Å²) in [7, 11) is 3.86. The summed E-state index contributed by atoms with van der Waals surface area (Å²) in [6.07, 6.45) is 0. The van der Waals surface area contributed by atoms with Gasteiger partial charge in [-0.05, 0) is 19.4 Å². The van der Waals surface area contributed by atoms with E-state index < -0.39 is 0 Å². The number of benzene rings is 1. The van der Waals surface area contributed by atoms with E-state index in [2.05, 4.69) is 69.4 Å². The van der Waals surface area contributed by atoms with Gasteiger partial charge in [0.1, 0.15) is 0 Å². The molecule has 0 amide bonds. The van der Waals surface area contributed by atoms with Crippen LogP contribution in [0.25, 0.3) is 0 Å². The average Bonchev–Trinajstić information content (AvgIpc) is 2.90. The molecule has 1 aliphatic heterocycles. The number of aliphatic imine (C=N–C) groups is 1. The molecule has 1 N–H and O–H groups in total. The van der Waals surface area contributed by atoms with Crippen molar-refractivity contribution < 1.29 is 0 Å². The predicted octanol–water partition coefficient (Wildman–Crippen LogP) is 1.93. The van der Waals surface area contributed by atoms with Crippen molar-refractivity contribution in [1.82, 2.24) is 24.9 Å². The number of aromatic nitrogens is 2. The number of rotatable bonds is 4. The Kier molecular flexibility index (Phi) is 5.93. The lowest BCUT2D eigenvalue weighted by Gasteiger charge is -2.36. The topological polar surface area (TPSA) is 48.7 Å². The highest BCUT2D eigenvalue weighted by Gasteiger charge is 2.20. The second-order valence-electron chi connectivity index (χ2n) is 6.92. The first-order valence-corrected chi connectivity index (χ1v) is 9.29. The number of hydrogen-bond donors (Lipinski definition) is 1. The SMILES string of the molecule is CN=C(NCc1c(C)nn(C)c1C)N1CCN(Cc2ccccc2)CC1. The maximum Gasteiger partial charge on any atom is 0.194 e. The zero-order valence-electron chi connectivity index (χ0n) is 16.4. The molecule has 6 heteroatoms. The molecule has 0 unspecified atom stereocenters. The molecule has 140 valence electrons. The Bertz CT molecular complexity index is 741. The van der Waals surface area contributed by atoms with Crippen molar-refractivity contribution in [2.24, 2.45) is 12.0 Å². The fraction of sp³-hybridized carbons (Fsp3) is 0.500. The molecule has 0 aliphatic carbocycles. The minimum Gasteiger partial charge on any atom is -0.352 e. The van der Waals surface area contributed by atoms with Crippen LogP contribution in [0.1, 0.15) is 22.5 Å². The van der Waals surface area contributed by atoms with Crippen molar-refractivity contribution >= 4 is 5.96 Å². The van der Waals surface area contributed by atoms with Gasteiger partial charge in [0.05, 0.1) is 5.69 Å². The van der Waals surface area contributed by atoms with Gasteiger partial charge >= 0.3 is 0 Å². The van der Waals surface area contributed by atoms with E-state index in [4.69, 9.17) is 0 Å². The molecule has 0 saturated carbocycles. The van der Waals surface area contributed by atoms with E-state index >= 15 is 0 Å². The standard InChI is InChI=1S/C20H30N6/c1-16-19(17(2)24(4)23-16)14-22-20(21-3)26-12-10-25(11-13-26)15-18-8-6-5-7-9-18/h5-9H,10-15H2,1-4H3,(H,21,22). The minimum absolute atomic E-state index is 0.766. The summed E-state index contributed by atoms with van der Waals surface area (Å²) in [4.78, 5) is 9.35. The van der Waals surface area contributed by atoms with Crippen LogP contribution in [-0.4, -0.2) is 58.8 Å². The van der Waals surface area contributed by atoms with E-state index in [9.17, 15) is 0 Å². The molecule has 1 aliphatic rings. The summed E-state index contributed by atoms with van der Waals surface area (Å²) < 4.78 is 1.94. The molecule has 0 spiro atoms. The van der Waals surface area contributed by atoms with Crippen molar-refractivity contribution in [2.75, 3.05) is 33.2 Å². The second-order valence-corrected chi connectivity index (χ2v) is 6.92. The summed E-state index contributed by atoms with van der Waals surface area (Å²) >= 11 is 0. The highest BCUT2D eigenvalue weighted by molar-refractivity contribution is 5.80. The normalized spacial score (nSPS) is 16.2. The van der Waals surface area contributed by atoms with Crippen LogP contribution in [0.15, 0.2) is 35.3 Å². The van der Waals surface area contributed by atoms with Crippen molar-refractivity contribution in [2.45, 2.75) is 26.9 Å². The monoisotopic (exact) mass is 354 g/mol. The molecule has 2 aromatic rings. The molecule has 1 fully saturated rings. The predicted molar refractivity (Wildman–Crippen MR) is 106 cm³/mol. The van der Waals surface area contributed by atoms with Crippen LogP contribution in [0.3, 0.4) is 0 Å². The molecule has 2 heterocycles. The molecule has 1 aromatic carbocycles. The summed E-state index contributed by atoms with van der Waals surface area (Å²) in [5, 5.41) is 8.01. The molecule has 1 saturated heterocycles. The van der Waals surface area contributed by atoms with Crippen molar-refractivity contribution in [3.05, 3.63) is 52.8 Å². The maximum atomic E-state index is 4.49. The number of aryl methyl sites for hydroxylation is 2. The first-order chi connectivity index (χ1) is 12.6. The zero-order valence-corrected chi connectivity index (χ0v) is 16.4. The third kappa shape index (κ3) is 4.25. The largest absolute Gasteiger partial charge is 0.352 e. The molecule has 3 rings (SSSR count). The maximum absolute atomic E-state index is 4.49. The van der Waals surface area contributed by atoms with Crippen LogP contribution in [0.5, 0.6) is 0 Å². The molecule has 26 heavy (non-hydrogen) atoms. The molecule has 0 atom stereocenters. The van der Waals surface area contributed by atoms with E-state index in [-0.39, 0.29) is 0 Å². The van der Waals surface area contributed by atoms with Gasteiger partial charge in [0.2, 0.25) is 0 Å². The summed E-state index contributed by atoms with van der Waals surface area (Å²) in [6, 6.07) is 10.7. The van der Waals surface area contributed by atoms with Crippen LogP contribution >= 0.6 is 0 Å². The van der Waals surface area contributed by atoms with E-state index in [1.165, 1.54) is 16.8 Å². The molecular weight excluding hydrogens is 324 g/mol. The molecule has 6 nitrogen and oxygen atoms in total. The Morgan fingerprint density at radius 3 is 2.38 bits per heavy atom. The summed E-state index contributed by atoms with van der Waals surface area (Å²) in [5.41, 5.74) is 4.93. The lowest BCUT2D eigenvalue weighted by atomic mass is 10.2. The zero-order chi connectivity index (χ0) is 18.5. The Balaban J connectivity index is 1.52. The number of nitrogens with zero attached hydrogens (tertiary/aromatic N) is 5. The van der Waals surface area contributed by atoms with Gasteiger partial charge in [0.15, 0.2) is 5.96 Å². The van der Waals surface area contributed by atoms with Gasteiger partial charge in [-0.2, -0.15) is 5.10 Å². The van der Waals surface area contributed by atoms with Gasteiger partial charge in [0, 0.05) is 64.6 Å². The number of guanidine groups is 1. The van der Waals surface area contributed by atoms with Crippen LogP contribution in [-0.2, 0) is 20.1 Å². The van der Waals surface area contributed by atoms with E-state index in [1.807, 2.05) is 18.8 Å². The molecular formula is C20H30N6. The molecule has 0 radical (unpaired) electrons. The van der Waals surface area contributed by atoms with Gasteiger partial charge in [0.25, 0.3) is 0 Å². The number of piperazine rings is 1. The third-order valence-electron chi connectivity index (χ3n) is 5.21. The van der Waals surface area contributed by atoms with Crippen molar-refractivity contribution in [3.8, 4) is 0 Å². The highest BCUT2D eigenvalue weighted by Crippen LogP contribution is 2.12.